The zero-order valence-corrected chi connectivity index (χ0v) is 19.5. The summed E-state index contributed by atoms with van der Waals surface area (Å²) in [5.74, 6) is -0.476. The average molecular weight is 475 g/mol. The fourth-order valence-corrected chi connectivity index (χ4v) is 4.76. The lowest BCUT2D eigenvalue weighted by molar-refractivity contribution is -0.108. The zero-order chi connectivity index (χ0) is 22.6. The highest BCUT2D eigenvalue weighted by Crippen LogP contribution is 2.45. The molecule has 3 aromatic rings. The van der Waals surface area contributed by atoms with Gasteiger partial charge in [0, 0.05) is 29.8 Å². The van der Waals surface area contributed by atoms with Crippen molar-refractivity contribution >= 4 is 48.0 Å². The minimum atomic E-state index is -3.34. The molecule has 4 nitrogen and oxygen atoms in total. The summed E-state index contributed by atoms with van der Waals surface area (Å²) in [5.41, 5.74) is 3.94. The zero-order valence-electron chi connectivity index (χ0n) is 17.0. The smallest absolute Gasteiger partial charge is 0.309 e. The minimum absolute atomic E-state index is 0.427. The summed E-state index contributed by atoms with van der Waals surface area (Å²) in [5, 5.41) is 1.57. The van der Waals surface area contributed by atoms with E-state index >= 15 is 0 Å². The maximum atomic E-state index is 12.5. The number of hydrogen-bond acceptors (Lipinski definition) is 4. The third-order valence-corrected chi connectivity index (χ3v) is 7.51. The van der Waals surface area contributed by atoms with E-state index in [-0.39, 0.29) is 0 Å². The third-order valence-electron chi connectivity index (χ3n) is 5.06. The second kappa shape index (κ2) is 9.95. The van der Waals surface area contributed by atoms with Gasteiger partial charge in [-0.05, 0) is 52.6 Å². The van der Waals surface area contributed by atoms with E-state index in [1.54, 1.807) is 42.5 Å². The molecule has 0 spiro atoms. The fraction of sp³-hybridized carbons (Fsp3) is 0.125. The largest absolute Gasteiger partial charge is 0.360 e. The molecule has 0 saturated heterocycles. The standard InChI is InChI=1S/C24H21Cl2O4P/c1-16(22-14-20(25)10-13-24(22)26)17-4-6-18(7-5-17)23(15-27)19-8-11-21(12-9-19)31(28,29-2)30-3/h4-15,23H,1H2,2-3H3. The first-order valence-corrected chi connectivity index (χ1v) is 11.6. The van der Waals surface area contributed by atoms with Crippen LogP contribution in [-0.2, 0) is 18.4 Å². The van der Waals surface area contributed by atoms with Crippen molar-refractivity contribution in [1.29, 1.82) is 0 Å². The van der Waals surface area contributed by atoms with Crippen LogP contribution in [0.15, 0.2) is 73.3 Å². The van der Waals surface area contributed by atoms with Crippen molar-refractivity contribution in [3.63, 3.8) is 0 Å². The van der Waals surface area contributed by atoms with E-state index in [0.29, 0.717) is 15.3 Å². The molecule has 0 amide bonds. The number of carbonyl (C=O) groups is 1. The van der Waals surface area contributed by atoms with E-state index in [4.69, 9.17) is 32.2 Å². The lowest BCUT2D eigenvalue weighted by Gasteiger charge is -2.16. The molecule has 0 aliphatic heterocycles. The molecule has 0 aliphatic carbocycles. The molecular weight excluding hydrogens is 454 g/mol. The number of aldehydes is 1. The molecule has 0 heterocycles. The summed E-state index contributed by atoms with van der Waals surface area (Å²) in [6.07, 6.45) is 0.874. The summed E-state index contributed by atoms with van der Waals surface area (Å²) in [7, 11) is -0.673. The lowest BCUT2D eigenvalue weighted by Crippen LogP contribution is -2.09. The number of halogens is 2. The first-order valence-electron chi connectivity index (χ1n) is 9.35. The third kappa shape index (κ3) is 5.01. The highest BCUT2D eigenvalue weighted by Gasteiger charge is 2.24. The first kappa shape index (κ1) is 23.5. The Morgan fingerprint density at radius 1 is 0.935 bits per heavy atom. The van der Waals surface area contributed by atoms with Crippen LogP contribution in [0.1, 0.15) is 28.2 Å². The second-order valence-electron chi connectivity index (χ2n) is 6.79. The average Bonchev–Trinajstić information content (AvgIpc) is 2.81. The van der Waals surface area contributed by atoms with Gasteiger partial charge in [0.15, 0.2) is 0 Å². The normalized spacial score (nSPS) is 12.4. The lowest BCUT2D eigenvalue weighted by atomic mass is 9.90. The molecule has 160 valence electrons. The Morgan fingerprint density at radius 3 is 2.00 bits per heavy atom. The predicted octanol–water partition coefficient (Wildman–Crippen LogP) is 6.50. The Balaban J connectivity index is 1.87. The molecule has 0 saturated carbocycles. The Hall–Kier alpha value is -2.20. The van der Waals surface area contributed by atoms with E-state index in [1.807, 2.05) is 24.3 Å². The maximum absolute atomic E-state index is 12.5. The maximum Gasteiger partial charge on any atom is 0.360 e. The van der Waals surface area contributed by atoms with Gasteiger partial charge >= 0.3 is 7.60 Å². The van der Waals surface area contributed by atoms with E-state index in [9.17, 15) is 9.36 Å². The molecule has 0 radical (unpaired) electrons. The molecule has 0 aromatic heterocycles. The fourth-order valence-electron chi connectivity index (χ4n) is 3.28. The van der Waals surface area contributed by atoms with Crippen LogP contribution in [0.4, 0.5) is 0 Å². The molecule has 0 aliphatic rings. The topological polar surface area (TPSA) is 52.6 Å². The summed E-state index contributed by atoms with van der Waals surface area (Å²) in [4.78, 5) is 11.9. The van der Waals surface area contributed by atoms with Crippen molar-refractivity contribution in [2.24, 2.45) is 0 Å². The first-order chi connectivity index (χ1) is 14.8. The molecule has 7 heteroatoms. The van der Waals surface area contributed by atoms with Crippen LogP contribution in [0.5, 0.6) is 0 Å². The van der Waals surface area contributed by atoms with Crippen molar-refractivity contribution in [3.05, 3.63) is 106 Å². The van der Waals surface area contributed by atoms with E-state index < -0.39 is 13.5 Å². The van der Waals surface area contributed by atoms with Crippen LogP contribution in [0.3, 0.4) is 0 Å². The molecule has 0 N–H and O–H groups in total. The molecule has 31 heavy (non-hydrogen) atoms. The van der Waals surface area contributed by atoms with Gasteiger partial charge in [0.05, 0.1) is 11.2 Å². The number of benzene rings is 3. The van der Waals surface area contributed by atoms with E-state index in [0.717, 1.165) is 34.1 Å². The number of rotatable bonds is 8. The molecule has 1 atom stereocenters. The van der Waals surface area contributed by atoms with Crippen molar-refractivity contribution in [2.75, 3.05) is 14.2 Å². The van der Waals surface area contributed by atoms with Crippen molar-refractivity contribution < 1.29 is 18.4 Å². The van der Waals surface area contributed by atoms with Gasteiger partial charge in [-0.15, -0.1) is 0 Å². The number of hydrogen-bond donors (Lipinski definition) is 0. The van der Waals surface area contributed by atoms with Gasteiger partial charge < -0.3 is 13.8 Å². The number of carbonyl (C=O) groups excluding carboxylic acids is 1. The Bertz CT molecular complexity index is 1130. The van der Waals surface area contributed by atoms with Gasteiger partial charge in [0.1, 0.15) is 6.29 Å². The Kier molecular flexibility index (Phi) is 7.53. The summed E-state index contributed by atoms with van der Waals surface area (Å²) in [6, 6.07) is 19.6. The van der Waals surface area contributed by atoms with E-state index in [1.165, 1.54) is 14.2 Å². The Morgan fingerprint density at radius 2 is 1.48 bits per heavy atom. The molecular formula is C24H21Cl2O4P. The van der Waals surface area contributed by atoms with Crippen LogP contribution in [0.25, 0.3) is 5.57 Å². The van der Waals surface area contributed by atoms with Crippen LogP contribution in [0.2, 0.25) is 10.0 Å². The van der Waals surface area contributed by atoms with Crippen molar-refractivity contribution in [2.45, 2.75) is 5.92 Å². The van der Waals surface area contributed by atoms with Gasteiger partial charge in [0.25, 0.3) is 0 Å². The molecule has 0 fully saturated rings. The summed E-state index contributed by atoms with van der Waals surface area (Å²) >= 11 is 12.4. The quantitative estimate of drug-likeness (QED) is 0.276. The summed E-state index contributed by atoms with van der Waals surface area (Å²) in [6.45, 7) is 4.14. The van der Waals surface area contributed by atoms with Crippen LogP contribution in [0, 0.1) is 0 Å². The van der Waals surface area contributed by atoms with Gasteiger partial charge in [0.2, 0.25) is 0 Å². The summed E-state index contributed by atoms with van der Waals surface area (Å²) < 4.78 is 22.5. The van der Waals surface area contributed by atoms with Crippen LogP contribution < -0.4 is 5.30 Å². The molecule has 3 aromatic carbocycles. The molecule has 1 unspecified atom stereocenters. The van der Waals surface area contributed by atoms with Crippen LogP contribution in [-0.4, -0.2) is 20.5 Å². The highest BCUT2D eigenvalue weighted by molar-refractivity contribution is 7.62. The van der Waals surface area contributed by atoms with Crippen LogP contribution >= 0.6 is 30.8 Å². The van der Waals surface area contributed by atoms with Crippen molar-refractivity contribution in [3.8, 4) is 0 Å². The molecule has 0 bridgehead atoms. The SMILES string of the molecule is C=C(c1ccc(C(C=O)c2ccc(P(=O)(OC)OC)cc2)cc1)c1cc(Cl)ccc1Cl. The Labute approximate surface area is 192 Å². The minimum Gasteiger partial charge on any atom is -0.309 e. The van der Waals surface area contributed by atoms with Crippen molar-refractivity contribution in [1.82, 2.24) is 0 Å². The second-order valence-corrected chi connectivity index (χ2v) is 9.88. The monoisotopic (exact) mass is 474 g/mol. The van der Waals surface area contributed by atoms with Gasteiger partial charge in [-0.1, -0.05) is 66.2 Å². The van der Waals surface area contributed by atoms with Gasteiger partial charge in [-0.3, -0.25) is 4.57 Å². The van der Waals surface area contributed by atoms with Gasteiger partial charge in [-0.2, -0.15) is 0 Å². The predicted molar refractivity (Wildman–Crippen MR) is 127 cm³/mol. The molecule has 3 rings (SSSR count). The highest BCUT2D eigenvalue weighted by atomic mass is 35.5. The van der Waals surface area contributed by atoms with Gasteiger partial charge in [-0.25, -0.2) is 0 Å². The van der Waals surface area contributed by atoms with E-state index in [2.05, 4.69) is 6.58 Å².